The van der Waals surface area contributed by atoms with Gasteiger partial charge in [0.2, 0.25) is 0 Å². The standard InChI is InChI=1S/C18H22BrN3O4/c1-18(2,3)26-17(24)20-11-14(12-8-6-5-7-9-12)22-13(16(23)25-4)10-15(19)21-22/h5-10,14H,11H2,1-4H3,(H,20,24). The smallest absolute Gasteiger partial charge is 0.407 e. The van der Waals surface area contributed by atoms with Gasteiger partial charge in [-0.15, -0.1) is 0 Å². The van der Waals surface area contributed by atoms with Gasteiger partial charge in [0.05, 0.1) is 13.2 Å². The molecule has 1 heterocycles. The molecule has 1 unspecified atom stereocenters. The minimum atomic E-state index is -0.599. The molecule has 0 bridgehead atoms. The van der Waals surface area contributed by atoms with E-state index in [2.05, 4.69) is 26.3 Å². The summed E-state index contributed by atoms with van der Waals surface area (Å²) >= 11 is 3.29. The van der Waals surface area contributed by atoms with Gasteiger partial charge in [-0.05, 0) is 42.3 Å². The summed E-state index contributed by atoms with van der Waals surface area (Å²) in [5, 5.41) is 7.09. The minimum absolute atomic E-state index is 0.192. The number of hydrogen-bond acceptors (Lipinski definition) is 5. The molecule has 0 aliphatic carbocycles. The number of methoxy groups -OCH3 is 1. The first-order valence-corrected chi connectivity index (χ1v) is 8.85. The molecule has 0 saturated carbocycles. The molecule has 1 aromatic carbocycles. The van der Waals surface area contributed by atoms with Crippen LogP contribution in [0.15, 0.2) is 41.0 Å². The van der Waals surface area contributed by atoms with Crippen molar-refractivity contribution in [2.45, 2.75) is 32.4 Å². The topological polar surface area (TPSA) is 82.5 Å². The first-order valence-electron chi connectivity index (χ1n) is 8.06. The number of halogens is 1. The Hall–Kier alpha value is -2.35. The van der Waals surface area contributed by atoms with Gasteiger partial charge >= 0.3 is 12.1 Å². The van der Waals surface area contributed by atoms with Crippen LogP contribution in [0, 0.1) is 0 Å². The molecule has 7 nitrogen and oxygen atoms in total. The Morgan fingerprint density at radius 3 is 2.50 bits per heavy atom. The second-order valence-electron chi connectivity index (χ2n) is 6.60. The largest absolute Gasteiger partial charge is 0.464 e. The Morgan fingerprint density at radius 2 is 1.92 bits per heavy atom. The van der Waals surface area contributed by atoms with Gasteiger partial charge in [-0.2, -0.15) is 5.10 Å². The van der Waals surface area contributed by atoms with Crippen molar-refractivity contribution in [1.82, 2.24) is 15.1 Å². The van der Waals surface area contributed by atoms with Crippen LogP contribution in [-0.4, -0.2) is 41.1 Å². The summed E-state index contributed by atoms with van der Waals surface area (Å²) in [6.45, 7) is 5.57. The lowest BCUT2D eigenvalue weighted by Gasteiger charge is -2.23. The van der Waals surface area contributed by atoms with Crippen LogP contribution in [0.3, 0.4) is 0 Å². The number of hydrogen-bond donors (Lipinski definition) is 1. The van der Waals surface area contributed by atoms with Crippen molar-refractivity contribution in [3.8, 4) is 0 Å². The molecule has 0 saturated heterocycles. The van der Waals surface area contributed by atoms with Crippen LogP contribution in [-0.2, 0) is 9.47 Å². The van der Waals surface area contributed by atoms with E-state index in [9.17, 15) is 9.59 Å². The number of carbonyl (C=O) groups excluding carboxylic acids is 2. The van der Waals surface area contributed by atoms with E-state index in [-0.39, 0.29) is 12.2 Å². The number of alkyl carbamates (subject to hydrolysis) is 1. The number of carbonyl (C=O) groups is 2. The highest BCUT2D eigenvalue weighted by Crippen LogP contribution is 2.22. The first-order chi connectivity index (χ1) is 12.2. The molecular weight excluding hydrogens is 402 g/mol. The monoisotopic (exact) mass is 423 g/mol. The predicted octanol–water partition coefficient (Wildman–Crippen LogP) is 3.55. The van der Waals surface area contributed by atoms with Crippen molar-refractivity contribution in [2.24, 2.45) is 0 Å². The number of nitrogens with one attached hydrogen (secondary N) is 1. The summed E-state index contributed by atoms with van der Waals surface area (Å²) in [6.07, 6.45) is -0.538. The molecule has 0 spiro atoms. The Balaban J connectivity index is 2.32. The summed E-state index contributed by atoms with van der Waals surface area (Å²) in [5.74, 6) is -0.513. The molecule has 8 heteroatoms. The molecule has 0 aliphatic rings. The van der Waals surface area contributed by atoms with Crippen molar-refractivity contribution < 1.29 is 19.1 Å². The Kier molecular flexibility index (Phi) is 6.42. The maximum atomic E-state index is 12.1. The summed E-state index contributed by atoms with van der Waals surface area (Å²) in [6, 6.07) is 10.6. The number of ether oxygens (including phenoxy) is 2. The molecule has 26 heavy (non-hydrogen) atoms. The van der Waals surface area contributed by atoms with Crippen molar-refractivity contribution in [1.29, 1.82) is 0 Å². The number of amides is 1. The fourth-order valence-electron chi connectivity index (χ4n) is 2.37. The van der Waals surface area contributed by atoms with E-state index >= 15 is 0 Å². The molecule has 1 amide bonds. The van der Waals surface area contributed by atoms with E-state index in [1.165, 1.54) is 11.8 Å². The molecule has 2 rings (SSSR count). The van der Waals surface area contributed by atoms with E-state index < -0.39 is 23.7 Å². The van der Waals surface area contributed by atoms with Gasteiger partial charge in [-0.3, -0.25) is 0 Å². The SMILES string of the molecule is COC(=O)c1cc(Br)nn1C(CNC(=O)OC(C)(C)C)c1ccccc1. The van der Waals surface area contributed by atoms with Crippen molar-refractivity contribution >= 4 is 28.0 Å². The maximum absolute atomic E-state index is 12.1. The third kappa shape index (κ3) is 5.32. The van der Waals surface area contributed by atoms with Crippen LogP contribution in [0.25, 0.3) is 0 Å². The zero-order chi connectivity index (χ0) is 19.3. The fourth-order valence-corrected chi connectivity index (χ4v) is 2.76. The van der Waals surface area contributed by atoms with Crippen LogP contribution in [0.1, 0.15) is 42.9 Å². The van der Waals surface area contributed by atoms with Gasteiger partial charge < -0.3 is 14.8 Å². The molecule has 0 aliphatic heterocycles. The van der Waals surface area contributed by atoms with Crippen LogP contribution < -0.4 is 5.32 Å². The molecule has 1 N–H and O–H groups in total. The average molecular weight is 424 g/mol. The van der Waals surface area contributed by atoms with Gasteiger partial charge in [-0.25, -0.2) is 14.3 Å². The second kappa shape index (κ2) is 8.35. The number of nitrogens with zero attached hydrogens (tertiary/aromatic N) is 2. The molecule has 1 atom stereocenters. The summed E-state index contributed by atoms with van der Waals surface area (Å²) < 4.78 is 12.1. The van der Waals surface area contributed by atoms with Gasteiger partial charge in [-0.1, -0.05) is 30.3 Å². The van der Waals surface area contributed by atoms with Crippen LogP contribution in [0.5, 0.6) is 0 Å². The molecule has 2 aromatic rings. The molecule has 1 aromatic heterocycles. The van der Waals surface area contributed by atoms with E-state index in [0.29, 0.717) is 4.60 Å². The zero-order valence-corrected chi connectivity index (χ0v) is 16.7. The van der Waals surface area contributed by atoms with Gasteiger partial charge in [0.25, 0.3) is 0 Å². The van der Waals surface area contributed by atoms with Crippen LogP contribution in [0.4, 0.5) is 4.79 Å². The number of aromatic nitrogens is 2. The average Bonchev–Trinajstić information content (AvgIpc) is 2.95. The maximum Gasteiger partial charge on any atom is 0.407 e. The Morgan fingerprint density at radius 1 is 1.27 bits per heavy atom. The van der Waals surface area contributed by atoms with Crippen molar-refractivity contribution in [3.05, 3.63) is 52.3 Å². The quantitative estimate of drug-likeness (QED) is 0.743. The third-order valence-electron chi connectivity index (χ3n) is 3.42. The lowest BCUT2D eigenvalue weighted by atomic mass is 10.1. The van der Waals surface area contributed by atoms with E-state index in [0.717, 1.165) is 5.56 Å². The molecule has 0 fully saturated rings. The van der Waals surface area contributed by atoms with E-state index in [1.807, 2.05) is 30.3 Å². The number of rotatable bonds is 5. The van der Waals surface area contributed by atoms with Gasteiger partial charge in [0.1, 0.15) is 15.9 Å². The highest BCUT2D eigenvalue weighted by atomic mass is 79.9. The van der Waals surface area contributed by atoms with Crippen LogP contribution >= 0.6 is 15.9 Å². The lowest BCUT2D eigenvalue weighted by molar-refractivity contribution is 0.0522. The first kappa shape index (κ1) is 20.0. The Labute approximate surface area is 160 Å². The summed E-state index contributed by atoms with van der Waals surface area (Å²) in [4.78, 5) is 24.1. The minimum Gasteiger partial charge on any atom is -0.464 e. The van der Waals surface area contributed by atoms with E-state index in [1.54, 1.807) is 26.8 Å². The van der Waals surface area contributed by atoms with Gasteiger partial charge in [0, 0.05) is 12.6 Å². The van der Waals surface area contributed by atoms with Crippen molar-refractivity contribution in [2.75, 3.05) is 13.7 Å². The molecular formula is C18H22BrN3O4. The Bertz CT molecular complexity index is 768. The van der Waals surface area contributed by atoms with Crippen LogP contribution in [0.2, 0.25) is 0 Å². The normalized spacial score (nSPS) is 12.3. The van der Waals surface area contributed by atoms with Gasteiger partial charge in [0.15, 0.2) is 0 Å². The summed E-state index contributed by atoms with van der Waals surface area (Å²) in [5.41, 5.74) is 0.557. The molecule has 140 valence electrons. The predicted molar refractivity (Wildman–Crippen MR) is 100 cm³/mol. The summed E-state index contributed by atoms with van der Waals surface area (Å²) in [7, 11) is 1.31. The highest BCUT2D eigenvalue weighted by molar-refractivity contribution is 9.10. The lowest BCUT2D eigenvalue weighted by Crippen LogP contribution is -2.37. The fraction of sp³-hybridized carbons (Fsp3) is 0.389. The van der Waals surface area contributed by atoms with Crippen molar-refractivity contribution in [3.63, 3.8) is 0 Å². The molecule has 0 radical (unpaired) electrons. The number of esters is 1. The third-order valence-corrected chi connectivity index (χ3v) is 3.81. The second-order valence-corrected chi connectivity index (χ2v) is 7.41. The highest BCUT2D eigenvalue weighted by Gasteiger charge is 2.25. The van der Waals surface area contributed by atoms with E-state index in [4.69, 9.17) is 9.47 Å². The number of benzene rings is 1. The zero-order valence-electron chi connectivity index (χ0n) is 15.2.